The molecule has 4 saturated carbocycles. The van der Waals surface area contributed by atoms with Crippen LogP contribution in [0.1, 0.15) is 59.3 Å². The monoisotopic (exact) mass is 334 g/mol. The van der Waals surface area contributed by atoms with E-state index in [9.17, 15) is 9.59 Å². The third-order valence-corrected chi connectivity index (χ3v) is 6.76. The Kier molecular flexibility index (Phi) is 4.76. The molecule has 4 heteroatoms. The van der Waals surface area contributed by atoms with Crippen molar-refractivity contribution in [2.75, 3.05) is 6.61 Å². The van der Waals surface area contributed by atoms with Gasteiger partial charge in [0.15, 0.2) is 6.61 Å². The van der Waals surface area contributed by atoms with Crippen LogP contribution in [0.5, 0.6) is 0 Å². The highest BCUT2D eigenvalue weighted by atomic mass is 16.6. The zero-order valence-electron chi connectivity index (χ0n) is 15.2. The maximum absolute atomic E-state index is 12.5. The molecular formula is C20H30O4. The van der Waals surface area contributed by atoms with Crippen molar-refractivity contribution >= 4 is 11.9 Å². The molecule has 0 aromatic carbocycles. The van der Waals surface area contributed by atoms with E-state index in [2.05, 4.69) is 20.4 Å². The minimum absolute atomic E-state index is 0.300. The van der Waals surface area contributed by atoms with E-state index in [0.29, 0.717) is 23.3 Å². The van der Waals surface area contributed by atoms with E-state index in [1.54, 1.807) is 6.92 Å². The van der Waals surface area contributed by atoms with Gasteiger partial charge in [-0.1, -0.05) is 20.4 Å². The molecule has 0 saturated heterocycles. The molecule has 4 nitrogen and oxygen atoms in total. The molecule has 0 amide bonds. The van der Waals surface area contributed by atoms with Gasteiger partial charge in [0.25, 0.3) is 0 Å². The maximum atomic E-state index is 12.5. The number of carbonyl (C=O) groups excluding carboxylic acids is 2. The molecular weight excluding hydrogens is 304 g/mol. The Morgan fingerprint density at radius 1 is 1.12 bits per heavy atom. The van der Waals surface area contributed by atoms with E-state index >= 15 is 0 Å². The normalized spacial score (nSPS) is 37.8. The zero-order chi connectivity index (χ0) is 17.5. The number of carbonyl (C=O) groups is 2. The third-order valence-electron chi connectivity index (χ3n) is 6.76. The molecule has 4 aliphatic rings. The minimum Gasteiger partial charge on any atom is -0.456 e. The van der Waals surface area contributed by atoms with Gasteiger partial charge < -0.3 is 9.47 Å². The molecule has 24 heavy (non-hydrogen) atoms. The van der Waals surface area contributed by atoms with Crippen LogP contribution in [0.25, 0.3) is 0 Å². The quantitative estimate of drug-likeness (QED) is 0.546. The summed E-state index contributed by atoms with van der Waals surface area (Å²) >= 11 is 0. The predicted octanol–water partition coefficient (Wildman–Crippen LogP) is 3.89. The summed E-state index contributed by atoms with van der Waals surface area (Å²) in [5.74, 6) is 2.00. The lowest BCUT2D eigenvalue weighted by molar-refractivity contribution is -0.229. The third kappa shape index (κ3) is 2.89. The molecule has 4 fully saturated rings. The van der Waals surface area contributed by atoms with Crippen molar-refractivity contribution in [3.8, 4) is 0 Å². The Hall–Kier alpha value is -1.32. The summed E-state index contributed by atoms with van der Waals surface area (Å²) in [7, 11) is 0. The summed E-state index contributed by atoms with van der Waals surface area (Å²) in [5.41, 5.74) is -0.0522. The summed E-state index contributed by atoms with van der Waals surface area (Å²) in [4.78, 5) is 24.0. The summed E-state index contributed by atoms with van der Waals surface area (Å²) < 4.78 is 11.2. The summed E-state index contributed by atoms with van der Waals surface area (Å²) in [6.45, 7) is 9.19. The van der Waals surface area contributed by atoms with Gasteiger partial charge in [-0.3, -0.25) is 0 Å². The van der Waals surface area contributed by atoms with Gasteiger partial charge in [0.2, 0.25) is 0 Å². The van der Waals surface area contributed by atoms with Gasteiger partial charge in [-0.15, -0.1) is 0 Å². The van der Waals surface area contributed by atoms with Crippen LogP contribution in [0.15, 0.2) is 12.2 Å². The summed E-state index contributed by atoms with van der Waals surface area (Å²) in [6, 6.07) is 0. The molecule has 0 radical (unpaired) electrons. The summed E-state index contributed by atoms with van der Waals surface area (Å²) in [5, 5.41) is 0. The standard InChI is InChI=1S/C20H30O4/c1-5-13(4)20(24-18(21)11-23-19(22)12(2)3)16-7-14-6-15(9-16)10-17(20)8-14/h13-17H,2,5-11H2,1,3-4H3. The second kappa shape index (κ2) is 6.53. The highest BCUT2D eigenvalue weighted by molar-refractivity contribution is 5.88. The smallest absolute Gasteiger partial charge is 0.344 e. The second-order valence-corrected chi connectivity index (χ2v) is 8.30. The van der Waals surface area contributed by atoms with E-state index in [1.807, 2.05) is 0 Å². The summed E-state index contributed by atoms with van der Waals surface area (Å²) in [6.07, 6.45) is 7.13. The molecule has 4 aliphatic carbocycles. The van der Waals surface area contributed by atoms with Gasteiger partial charge in [0.1, 0.15) is 5.60 Å². The lowest BCUT2D eigenvalue weighted by Crippen LogP contribution is -2.62. The molecule has 0 spiro atoms. The van der Waals surface area contributed by atoms with Gasteiger partial charge in [-0.2, -0.15) is 0 Å². The number of ether oxygens (including phenoxy) is 2. The fraction of sp³-hybridized carbons (Fsp3) is 0.800. The van der Waals surface area contributed by atoms with Crippen molar-refractivity contribution in [1.29, 1.82) is 0 Å². The fourth-order valence-electron chi connectivity index (χ4n) is 5.79. The van der Waals surface area contributed by atoms with Gasteiger partial charge in [0.05, 0.1) is 0 Å². The van der Waals surface area contributed by atoms with Crippen molar-refractivity contribution in [2.24, 2.45) is 29.6 Å². The first-order valence-electron chi connectivity index (χ1n) is 9.41. The van der Waals surface area contributed by atoms with Crippen molar-refractivity contribution in [3.05, 3.63) is 12.2 Å². The Bertz CT molecular complexity index is 508. The molecule has 0 N–H and O–H groups in total. The van der Waals surface area contributed by atoms with Crippen LogP contribution in [0.3, 0.4) is 0 Å². The minimum atomic E-state index is -0.533. The Morgan fingerprint density at radius 3 is 2.12 bits per heavy atom. The molecule has 0 heterocycles. The lowest BCUT2D eigenvalue weighted by Gasteiger charge is -2.62. The van der Waals surface area contributed by atoms with E-state index in [-0.39, 0.29) is 12.2 Å². The molecule has 1 atom stereocenters. The average molecular weight is 334 g/mol. The van der Waals surface area contributed by atoms with Gasteiger partial charge in [0, 0.05) is 5.57 Å². The van der Waals surface area contributed by atoms with E-state index in [4.69, 9.17) is 9.47 Å². The largest absolute Gasteiger partial charge is 0.456 e. The van der Waals surface area contributed by atoms with Crippen molar-refractivity contribution in [2.45, 2.75) is 64.9 Å². The first-order valence-corrected chi connectivity index (χ1v) is 9.41. The predicted molar refractivity (Wildman–Crippen MR) is 91.1 cm³/mol. The average Bonchev–Trinajstić information content (AvgIpc) is 2.54. The lowest BCUT2D eigenvalue weighted by atomic mass is 9.47. The Morgan fingerprint density at radius 2 is 1.67 bits per heavy atom. The van der Waals surface area contributed by atoms with Crippen LogP contribution < -0.4 is 0 Å². The van der Waals surface area contributed by atoms with Crippen LogP contribution in [0.4, 0.5) is 0 Å². The number of esters is 2. The van der Waals surface area contributed by atoms with Crippen molar-refractivity contribution in [1.82, 2.24) is 0 Å². The maximum Gasteiger partial charge on any atom is 0.344 e. The first kappa shape index (κ1) is 17.5. The Labute approximate surface area is 145 Å². The van der Waals surface area contributed by atoms with Gasteiger partial charge in [-0.25, -0.2) is 9.59 Å². The van der Waals surface area contributed by atoms with E-state index in [0.717, 1.165) is 18.3 Å². The fourth-order valence-corrected chi connectivity index (χ4v) is 5.79. The van der Waals surface area contributed by atoms with E-state index < -0.39 is 11.9 Å². The molecule has 0 aromatic heterocycles. The molecule has 134 valence electrons. The van der Waals surface area contributed by atoms with Gasteiger partial charge >= 0.3 is 11.9 Å². The van der Waals surface area contributed by atoms with Crippen LogP contribution in [0, 0.1) is 29.6 Å². The van der Waals surface area contributed by atoms with Crippen LogP contribution in [-0.4, -0.2) is 24.1 Å². The highest BCUT2D eigenvalue weighted by Crippen LogP contribution is 2.62. The van der Waals surface area contributed by atoms with Gasteiger partial charge in [-0.05, 0) is 75.0 Å². The van der Waals surface area contributed by atoms with Crippen LogP contribution in [0.2, 0.25) is 0 Å². The molecule has 1 unspecified atom stereocenters. The molecule has 4 rings (SSSR count). The molecule has 0 aromatic rings. The van der Waals surface area contributed by atoms with Crippen molar-refractivity contribution in [3.63, 3.8) is 0 Å². The Balaban J connectivity index is 1.74. The SMILES string of the molecule is C=C(C)C(=O)OCC(=O)OC1(C(C)CC)C2CC3CC(C2)CC1C3. The zero-order valence-corrected chi connectivity index (χ0v) is 15.2. The molecule has 4 bridgehead atoms. The first-order chi connectivity index (χ1) is 11.4. The number of hydrogen-bond donors (Lipinski definition) is 0. The number of hydrogen-bond acceptors (Lipinski definition) is 4. The topological polar surface area (TPSA) is 52.6 Å². The highest BCUT2D eigenvalue weighted by Gasteiger charge is 2.61. The number of rotatable bonds is 6. The van der Waals surface area contributed by atoms with Crippen molar-refractivity contribution < 1.29 is 19.1 Å². The molecule has 0 aliphatic heterocycles. The van der Waals surface area contributed by atoms with E-state index in [1.165, 1.54) is 32.1 Å². The van der Waals surface area contributed by atoms with Crippen LogP contribution in [-0.2, 0) is 19.1 Å². The second-order valence-electron chi connectivity index (χ2n) is 8.30. The van der Waals surface area contributed by atoms with Crippen LogP contribution >= 0.6 is 0 Å².